The Labute approximate surface area is 148 Å². The molecular formula is C18H26ClN3O2. The number of fused-ring (bicyclic) bond motifs is 2. The van der Waals surface area contributed by atoms with Gasteiger partial charge < -0.3 is 20.6 Å². The highest BCUT2D eigenvalue weighted by Gasteiger charge is 2.45. The molecular weight excluding hydrogens is 326 g/mol. The van der Waals surface area contributed by atoms with E-state index in [0.717, 1.165) is 24.8 Å². The van der Waals surface area contributed by atoms with E-state index in [1.54, 1.807) is 0 Å². The number of carbonyl (C=O) groups is 1. The number of urea groups is 1. The van der Waals surface area contributed by atoms with Crippen molar-refractivity contribution in [3.8, 4) is 0 Å². The molecule has 1 aromatic carbocycles. The van der Waals surface area contributed by atoms with Crippen LogP contribution in [0.25, 0.3) is 0 Å². The van der Waals surface area contributed by atoms with Crippen LogP contribution in [0, 0.1) is 11.8 Å². The van der Waals surface area contributed by atoms with E-state index in [0.29, 0.717) is 23.4 Å². The third-order valence-corrected chi connectivity index (χ3v) is 5.82. The van der Waals surface area contributed by atoms with Gasteiger partial charge in [-0.15, -0.1) is 0 Å². The van der Waals surface area contributed by atoms with Gasteiger partial charge in [0.1, 0.15) is 0 Å². The molecule has 132 valence electrons. The van der Waals surface area contributed by atoms with Gasteiger partial charge in [-0.25, -0.2) is 4.79 Å². The van der Waals surface area contributed by atoms with Crippen LogP contribution < -0.4 is 10.6 Å². The van der Waals surface area contributed by atoms with Crippen molar-refractivity contribution in [3.05, 3.63) is 34.9 Å². The number of amides is 2. The van der Waals surface area contributed by atoms with E-state index in [2.05, 4.69) is 15.5 Å². The second-order valence-electron chi connectivity index (χ2n) is 7.26. The van der Waals surface area contributed by atoms with Gasteiger partial charge in [-0.2, -0.15) is 0 Å². The summed E-state index contributed by atoms with van der Waals surface area (Å²) < 4.78 is 0. The number of hydrogen-bond acceptors (Lipinski definition) is 3. The Balaban J connectivity index is 1.54. The molecule has 2 aliphatic rings. The van der Waals surface area contributed by atoms with Crippen molar-refractivity contribution in [2.24, 2.45) is 11.8 Å². The first-order valence-corrected chi connectivity index (χ1v) is 8.96. The maximum atomic E-state index is 12.3. The lowest BCUT2D eigenvalue weighted by Gasteiger charge is -2.28. The maximum absolute atomic E-state index is 12.3. The number of likely N-dealkylation sites (N-methyl/N-ethyl adjacent to an activating group) is 1. The number of carbonyl (C=O) groups excluding carboxylic acids is 1. The van der Waals surface area contributed by atoms with Gasteiger partial charge in [0.05, 0.1) is 12.1 Å². The number of hydrogen-bond donors (Lipinski definition) is 3. The molecule has 6 heteroatoms. The predicted molar refractivity (Wildman–Crippen MR) is 95.0 cm³/mol. The first-order chi connectivity index (χ1) is 11.5. The van der Waals surface area contributed by atoms with Crippen LogP contribution in [0.5, 0.6) is 0 Å². The summed E-state index contributed by atoms with van der Waals surface area (Å²) in [6.45, 7) is 0.492. The molecule has 0 radical (unpaired) electrons. The van der Waals surface area contributed by atoms with Crippen LogP contribution >= 0.6 is 11.6 Å². The average molecular weight is 352 g/mol. The number of halogens is 1. The van der Waals surface area contributed by atoms with Crippen LogP contribution in [0.2, 0.25) is 5.02 Å². The van der Waals surface area contributed by atoms with Crippen LogP contribution in [0.4, 0.5) is 4.79 Å². The van der Waals surface area contributed by atoms with Gasteiger partial charge in [-0.3, -0.25) is 0 Å². The fraction of sp³-hybridized carbons (Fsp3) is 0.611. The van der Waals surface area contributed by atoms with Crippen LogP contribution in [0.3, 0.4) is 0 Å². The summed E-state index contributed by atoms with van der Waals surface area (Å²) in [5.41, 5.74) is 1.01. The van der Waals surface area contributed by atoms with Gasteiger partial charge in [-0.05, 0) is 56.8 Å². The van der Waals surface area contributed by atoms with Gasteiger partial charge in [-0.1, -0.05) is 29.8 Å². The summed E-state index contributed by atoms with van der Waals surface area (Å²) in [5, 5.41) is 16.6. The summed E-state index contributed by atoms with van der Waals surface area (Å²) in [6.07, 6.45) is 2.57. The summed E-state index contributed by atoms with van der Waals surface area (Å²) in [7, 11) is 3.95. The molecule has 2 amide bonds. The van der Waals surface area contributed by atoms with E-state index in [9.17, 15) is 9.90 Å². The zero-order valence-corrected chi connectivity index (χ0v) is 15.0. The van der Waals surface area contributed by atoms with Crippen molar-refractivity contribution < 1.29 is 9.90 Å². The van der Waals surface area contributed by atoms with Gasteiger partial charge in [0.15, 0.2) is 0 Å². The van der Waals surface area contributed by atoms with Crippen molar-refractivity contribution in [1.82, 2.24) is 15.5 Å². The van der Waals surface area contributed by atoms with Crippen LogP contribution in [0.15, 0.2) is 24.3 Å². The maximum Gasteiger partial charge on any atom is 0.315 e. The lowest BCUT2D eigenvalue weighted by atomic mass is 9.93. The Hall–Kier alpha value is -1.30. The second kappa shape index (κ2) is 7.30. The normalized spacial score (nSPS) is 29.7. The molecule has 0 spiro atoms. The number of nitrogens with one attached hydrogen (secondary N) is 2. The second-order valence-corrected chi connectivity index (χ2v) is 7.66. The predicted octanol–water partition coefficient (Wildman–Crippen LogP) is 2.40. The minimum atomic E-state index is -0.172. The molecule has 5 atom stereocenters. The molecule has 2 fully saturated rings. The molecule has 2 bridgehead atoms. The summed E-state index contributed by atoms with van der Waals surface area (Å²) in [4.78, 5) is 14.3. The van der Waals surface area contributed by atoms with Crippen molar-refractivity contribution in [2.75, 3.05) is 20.6 Å². The highest BCUT2D eigenvalue weighted by atomic mass is 35.5. The zero-order valence-electron chi connectivity index (χ0n) is 14.2. The van der Waals surface area contributed by atoms with Gasteiger partial charge in [0.2, 0.25) is 0 Å². The number of rotatable bonds is 5. The van der Waals surface area contributed by atoms with Crippen LogP contribution in [0.1, 0.15) is 30.9 Å². The number of nitrogens with zero attached hydrogens (tertiary/aromatic N) is 1. The van der Waals surface area contributed by atoms with Crippen molar-refractivity contribution in [1.29, 1.82) is 0 Å². The van der Waals surface area contributed by atoms with Crippen LogP contribution in [-0.2, 0) is 0 Å². The molecule has 3 N–H and O–H groups in total. The molecule has 3 rings (SSSR count). The van der Waals surface area contributed by atoms with E-state index in [-0.39, 0.29) is 24.2 Å². The highest BCUT2D eigenvalue weighted by Crippen LogP contribution is 2.44. The fourth-order valence-electron chi connectivity index (χ4n) is 4.15. The Kier molecular flexibility index (Phi) is 5.33. The average Bonchev–Trinajstić information content (AvgIpc) is 3.07. The monoisotopic (exact) mass is 351 g/mol. The Morgan fingerprint density at radius 3 is 2.62 bits per heavy atom. The Morgan fingerprint density at radius 1 is 1.29 bits per heavy atom. The van der Waals surface area contributed by atoms with E-state index >= 15 is 0 Å². The van der Waals surface area contributed by atoms with E-state index in [1.807, 2.05) is 38.4 Å². The lowest BCUT2D eigenvalue weighted by molar-refractivity contribution is 0.103. The topological polar surface area (TPSA) is 64.6 Å². The molecule has 1 aromatic rings. The first kappa shape index (κ1) is 17.5. The summed E-state index contributed by atoms with van der Waals surface area (Å²) >= 11 is 6.29. The SMILES string of the molecule is CN(C)C(CNC(=O)NC1CC2CC1CC2O)c1ccccc1Cl. The Morgan fingerprint density at radius 2 is 2.04 bits per heavy atom. The number of benzene rings is 1. The Bertz CT molecular complexity index is 593. The van der Waals surface area contributed by atoms with Gasteiger partial charge >= 0.3 is 6.03 Å². The summed E-state index contributed by atoms with van der Waals surface area (Å²) in [6, 6.07) is 7.79. The first-order valence-electron chi connectivity index (χ1n) is 8.59. The molecule has 5 unspecified atom stereocenters. The van der Waals surface area contributed by atoms with Crippen LogP contribution in [-0.4, -0.2) is 48.8 Å². The molecule has 5 nitrogen and oxygen atoms in total. The number of aliphatic hydroxyl groups excluding tert-OH is 1. The lowest BCUT2D eigenvalue weighted by Crippen LogP contribution is -2.47. The third kappa shape index (κ3) is 3.68. The molecule has 0 aromatic heterocycles. The molecule has 0 heterocycles. The standard InChI is InChI=1S/C18H26ClN3O2/c1-22(2)16(13-5-3-4-6-14(13)19)10-20-18(24)21-15-8-12-7-11(15)9-17(12)23/h3-6,11-12,15-17,23H,7-10H2,1-2H3,(H2,20,21,24). The molecule has 24 heavy (non-hydrogen) atoms. The van der Waals surface area contributed by atoms with E-state index < -0.39 is 0 Å². The smallest absolute Gasteiger partial charge is 0.315 e. The summed E-state index contributed by atoms with van der Waals surface area (Å²) in [5.74, 6) is 0.780. The van der Waals surface area contributed by atoms with Crippen molar-refractivity contribution in [2.45, 2.75) is 37.5 Å². The van der Waals surface area contributed by atoms with E-state index in [1.165, 1.54) is 0 Å². The van der Waals surface area contributed by atoms with Crippen molar-refractivity contribution in [3.63, 3.8) is 0 Å². The van der Waals surface area contributed by atoms with Gasteiger partial charge in [0.25, 0.3) is 0 Å². The largest absolute Gasteiger partial charge is 0.393 e. The van der Waals surface area contributed by atoms with E-state index in [4.69, 9.17) is 11.6 Å². The molecule has 2 aliphatic carbocycles. The minimum Gasteiger partial charge on any atom is -0.393 e. The van der Waals surface area contributed by atoms with Gasteiger partial charge in [0, 0.05) is 17.6 Å². The quantitative estimate of drug-likeness (QED) is 0.763. The minimum absolute atomic E-state index is 0.0197. The third-order valence-electron chi connectivity index (χ3n) is 5.48. The zero-order chi connectivity index (χ0) is 17.3. The highest BCUT2D eigenvalue weighted by molar-refractivity contribution is 6.31. The molecule has 0 aliphatic heterocycles. The molecule has 2 saturated carbocycles. The fourth-order valence-corrected chi connectivity index (χ4v) is 4.41. The molecule has 0 saturated heterocycles. The number of aliphatic hydroxyl groups is 1. The van der Waals surface area contributed by atoms with Crippen molar-refractivity contribution >= 4 is 17.6 Å².